The molecule has 1 nitrogen and oxygen atoms in total. The third-order valence-corrected chi connectivity index (χ3v) is 11.0. The summed E-state index contributed by atoms with van der Waals surface area (Å²) in [5, 5.41) is 10.5. The van der Waals surface area contributed by atoms with Crippen molar-refractivity contribution in [2.45, 2.75) is 99.5 Å². The first-order chi connectivity index (χ1) is 14.1. The van der Waals surface area contributed by atoms with E-state index in [4.69, 9.17) is 0 Å². The van der Waals surface area contributed by atoms with Crippen LogP contribution in [0.3, 0.4) is 0 Å². The summed E-state index contributed by atoms with van der Waals surface area (Å²) in [7, 11) is 0. The highest BCUT2D eigenvalue weighted by molar-refractivity contribution is 5.27. The molecule has 4 rings (SSSR count). The van der Waals surface area contributed by atoms with E-state index in [1.165, 1.54) is 38.5 Å². The summed E-state index contributed by atoms with van der Waals surface area (Å²) in [4.78, 5) is 0. The Bertz CT molecular complexity index is 688. The van der Waals surface area contributed by atoms with E-state index in [0.717, 1.165) is 36.0 Å². The van der Waals surface area contributed by atoms with E-state index in [2.05, 4.69) is 66.7 Å². The van der Waals surface area contributed by atoms with Crippen LogP contribution >= 0.6 is 0 Å². The number of rotatable bonds is 4. The van der Waals surface area contributed by atoms with Crippen LogP contribution in [0.5, 0.6) is 0 Å². The number of hydrogen-bond acceptors (Lipinski definition) is 1. The van der Waals surface area contributed by atoms with Gasteiger partial charge < -0.3 is 5.11 Å². The van der Waals surface area contributed by atoms with E-state index in [1.54, 1.807) is 5.57 Å². The molecule has 4 aliphatic carbocycles. The highest BCUT2D eigenvalue weighted by Crippen LogP contribution is 2.67. The van der Waals surface area contributed by atoms with E-state index in [0.29, 0.717) is 28.6 Å². The normalized spacial score (nSPS) is 48.1. The Morgan fingerprint density at radius 2 is 1.70 bits per heavy atom. The Labute approximate surface area is 186 Å². The smallest absolute Gasteiger partial charge is 0.0603 e. The molecule has 170 valence electrons. The average Bonchev–Trinajstić information content (AvgIpc) is 3.06. The monoisotopic (exact) mass is 412 g/mol. The number of aliphatic hydroxyl groups is 1. The molecular formula is C29H48O. The van der Waals surface area contributed by atoms with Gasteiger partial charge in [-0.05, 0) is 97.2 Å². The number of hydrogen-bond donors (Lipinski definition) is 1. The fraction of sp³-hybridized carbons (Fsp3) is 0.862. The fourth-order valence-electron chi connectivity index (χ4n) is 8.67. The molecule has 0 amide bonds. The lowest BCUT2D eigenvalue weighted by molar-refractivity contribution is -0.0617. The zero-order valence-electron chi connectivity index (χ0n) is 20.8. The SMILES string of the molecule is CC(C)[C@@H](C)/C=C/[C@H](C)[C@H]1CC[C@@H]2[C@@H]3CC=C4[C@@H](C)[C@@H](O)CC[C@]4(C)[C@H]3CC[C@@]21C. The second-order valence-corrected chi connectivity index (χ2v) is 12.7. The van der Waals surface area contributed by atoms with Crippen molar-refractivity contribution in [1.29, 1.82) is 0 Å². The standard InChI is InChI=1S/C29H48O/c1-18(2)19(3)8-9-20(4)23-12-13-25-22-10-11-24-21(5)27(30)15-17-29(24,7)26(22)14-16-28(23,25)6/h8-9,11,18-23,25-27,30H,10,12-17H2,1-7H3/b9-8+/t19-,20-,21+,22-,23+,25+,26-,27-,28+,29-/m0/s1. The molecule has 3 fully saturated rings. The van der Waals surface area contributed by atoms with Gasteiger partial charge in [-0.1, -0.05) is 72.3 Å². The van der Waals surface area contributed by atoms with Crippen molar-refractivity contribution < 1.29 is 5.11 Å². The van der Waals surface area contributed by atoms with Crippen LogP contribution in [-0.2, 0) is 0 Å². The summed E-state index contributed by atoms with van der Waals surface area (Å²) >= 11 is 0. The third kappa shape index (κ3) is 3.46. The van der Waals surface area contributed by atoms with Gasteiger partial charge in [-0.2, -0.15) is 0 Å². The van der Waals surface area contributed by atoms with Crippen molar-refractivity contribution in [3.63, 3.8) is 0 Å². The van der Waals surface area contributed by atoms with Gasteiger partial charge in [-0.3, -0.25) is 0 Å². The van der Waals surface area contributed by atoms with Crippen LogP contribution < -0.4 is 0 Å². The van der Waals surface area contributed by atoms with E-state index in [9.17, 15) is 5.11 Å². The molecule has 4 aliphatic rings. The quantitative estimate of drug-likeness (QED) is 0.470. The molecule has 0 bridgehead atoms. The Morgan fingerprint density at radius 1 is 0.967 bits per heavy atom. The maximum absolute atomic E-state index is 10.5. The van der Waals surface area contributed by atoms with Gasteiger partial charge in [0, 0.05) is 5.92 Å². The molecule has 0 radical (unpaired) electrons. The van der Waals surface area contributed by atoms with Crippen molar-refractivity contribution in [2.75, 3.05) is 0 Å². The van der Waals surface area contributed by atoms with Crippen molar-refractivity contribution in [1.82, 2.24) is 0 Å². The Balaban J connectivity index is 1.55. The molecule has 0 heterocycles. The maximum Gasteiger partial charge on any atom is 0.0603 e. The van der Waals surface area contributed by atoms with Crippen LogP contribution in [0.2, 0.25) is 0 Å². The zero-order valence-corrected chi connectivity index (χ0v) is 20.8. The van der Waals surface area contributed by atoms with E-state index in [1.807, 2.05) is 0 Å². The summed E-state index contributed by atoms with van der Waals surface area (Å²) < 4.78 is 0. The van der Waals surface area contributed by atoms with Crippen molar-refractivity contribution in [3.8, 4) is 0 Å². The van der Waals surface area contributed by atoms with Crippen LogP contribution in [0.15, 0.2) is 23.8 Å². The molecule has 0 aromatic carbocycles. The Kier molecular flexibility index (Phi) is 6.10. The topological polar surface area (TPSA) is 20.2 Å². The Morgan fingerprint density at radius 3 is 2.40 bits per heavy atom. The summed E-state index contributed by atoms with van der Waals surface area (Å²) in [5.41, 5.74) is 2.48. The molecule has 1 heteroatoms. The van der Waals surface area contributed by atoms with Crippen molar-refractivity contribution in [2.24, 2.45) is 58.2 Å². The highest BCUT2D eigenvalue weighted by atomic mass is 16.3. The average molecular weight is 413 g/mol. The first-order valence-electron chi connectivity index (χ1n) is 13.2. The van der Waals surface area contributed by atoms with Crippen molar-refractivity contribution >= 4 is 0 Å². The summed E-state index contributed by atoms with van der Waals surface area (Å²) in [6, 6.07) is 0. The molecule has 0 spiro atoms. The first-order valence-corrected chi connectivity index (χ1v) is 13.2. The van der Waals surface area contributed by atoms with Gasteiger partial charge in [0.25, 0.3) is 0 Å². The number of allylic oxidation sites excluding steroid dienone is 3. The van der Waals surface area contributed by atoms with Gasteiger partial charge in [0.2, 0.25) is 0 Å². The van der Waals surface area contributed by atoms with E-state index in [-0.39, 0.29) is 6.10 Å². The van der Waals surface area contributed by atoms with Crippen LogP contribution in [0.1, 0.15) is 93.4 Å². The molecule has 10 atom stereocenters. The van der Waals surface area contributed by atoms with Gasteiger partial charge in [0.15, 0.2) is 0 Å². The maximum atomic E-state index is 10.5. The van der Waals surface area contributed by atoms with Gasteiger partial charge in [-0.25, -0.2) is 0 Å². The zero-order chi connectivity index (χ0) is 21.8. The predicted molar refractivity (Wildman–Crippen MR) is 128 cm³/mol. The lowest BCUT2D eigenvalue weighted by Gasteiger charge is -2.59. The lowest BCUT2D eigenvalue weighted by atomic mass is 9.46. The molecule has 0 aromatic rings. The van der Waals surface area contributed by atoms with Gasteiger partial charge in [0.1, 0.15) is 0 Å². The molecular weight excluding hydrogens is 364 g/mol. The Hall–Kier alpha value is -0.560. The molecule has 0 aromatic heterocycles. The summed E-state index contributed by atoms with van der Waals surface area (Å²) in [6.07, 6.45) is 16.7. The lowest BCUT2D eigenvalue weighted by Crippen LogP contribution is -2.52. The minimum absolute atomic E-state index is 0.119. The molecule has 3 saturated carbocycles. The highest BCUT2D eigenvalue weighted by Gasteiger charge is 2.59. The molecule has 0 aliphatic heterocycles. The first kappa shape index (κ1) is 22.6. The second-order valence-electron chi connectivity index (χ2n) is 12.7. The fourth-order valence-corrected chi connectivity index (χ4v) is 8.67. The largest absolute Gasteiger partial charge is 0.393 e. The van der Waals surface area contributed by atoms with Crippen LogP contribution in [0.25, 0.3) is 0 Å². The third-order valence-electron chi connectivity index (χ3n) is 11.0. The molecule has 0 saturated heterocycles. The van der Waals surface area contributed by atoms with Crippen LogP contribution in [-0.4, -0.2) is 11.2 Å². The van der Waals surface area contributed by atoms with Crippen LogP contribution in [0.4, 0.5) is 0 Å². The minimum atomic E-state index is -0.119. The van der Waals surface area contributed by atoms with E-state index < -0.39 is 0 Å². The summed E-state index contributed by atoms with van der Waals surface area (Å²) in [5.74, 6) is 5.94. The molecule has 30 heavy (non-hydrogen) atoms. The van der Waals surface area contributed by atoms with E-state index >= 15 is 0 Å². The molecule has 1 N–H and O–H groups in total. The van der Waals surface area contributed by atoms with Crippen molar-refractivity contribution in [3.05, 3.63) is 23.8 Å². The second kappa shape index (κ2) is 8.09. The van der Waals surface area contributed by atoms with Gasteiger partial charge in [0.05, 0.1) is 6.10 Å². The van der Waals surface area contributed by atoms with Crippen LogP contribution in [0, 0.1) is 58.2 Å². The number of fused-ring (bicyclic) bond motifs is 5. The summed E-state index contributed by atoms with van der Waals surface area (Å²) in [6.45, 7) is 17.0. The number of aliphatic hydroxyl groups excluding tert-OH is 1. The molecule has 0 unspecified atom stereocenters. The van der Waals surface area contributed by atoms with Gasteiger partial charge in [-0.15, -0.1) is 0 Å². The predicted octanol–water partition coefficient (Wildman–Crippen LogP) is 7.66. The minimum Gasteiger partial charge on any atom is -0.393 e. The van der Waals surface area contributed by atoms with Gasteiger partial charge >= 0.3 is 0 Å².